The van der Waals surface area contributed by atoms with Crippen LogP contribution in [-0.2, 0) is 4.79 Å². The molecule has 0 radical (unpaired) electrons. The molecular weight excluding hydrogens is 302 g/mol. The number of anilines is 1. The Balaban J connectivity index is 1.46. The van der Waals surface area contributed by atoms with E-state index in [0.29, 0.717) is 19.0 Å². The summed E-state index contributed by atoms with van der Waals surface area (Å²) < 4.78 is 0. The van der Waals surface area contributed by atoms with Gasteiger partial charge in [-0.15, -0.1) is 0 Å². The molecule has 2 heterocycles. The predicted molar refractivity (Wildman–Crippen MR) is 92.9 cm³/mol. The standard InChI is InChI=1S/C19H25N3O2/c1-21-11-4-9-19(17(21)23)10-12-22(13-19)18(24)20-16-6-3-2-5-15(16)14-7-8-14/h2-3,5-6,14H,4,7-13H2,1H3,(H,20,24). The van der Waals surface area contributed by atoms with E-state index in [9.17, 15) is 9.59 Å². The molecule has 0 bridgehead atoms. The van der Waals surface area contributed by atoms with Crippen molar-refractivity contribution in [3.63, 3.8) is 0 Å². The molecule has 4 rings (SSSR count). The number of hydrogen-bond donors (Lipinski definition) is 1. The van der Waals surface area contributed by atoms with Crippen LogP contribution < -0.4 is 5.32 Å². The Kier molecular flexibility index (Phi) is 3.74. The number of carbonyl (C=O) groups excluding carboxylic acids is 2. The van der Waals surface area contributed by atoms with Crippen molar-refractivity contribution in [2.75, 3.05) is 32.0 Å². The van der Waals surface area contributed by atoms with E-state index in [2.05, 4.69) is 11.4 Å². The second kappa shape index (κ2) is 5.80. The monoisotopic (exact) mass is 327 g/mol. The predicted octanol–water partition coefficient (Wildman–Crippen LogP) is 3.04. The average Bonchev–Trinajstić information content (AvgIpc) is 3.34. The summed E-state index contributed by atoms with van der Waals surface area (Å²) >= 11 is 0. The SMILES string of the molecule is CN1CCCC2(CCN(C(=O)Nc3ccccc3C3CC3)C2)C1=O. The number of piperidine rings is 1. The van der Waals surface area contributed by atoms with E-state index < -0.39 is 0 Å². The minimum absolute atomic E-state index is 0.0685. The van der Waals surface area contributed by atoms with Crippen molar-refractivity contribution < 1.29 is 9.59 Å². The maximum Gasteiger partial charge on any atom is 0.321 e. The molecule has 2 saturated heterocycles. The number of nitrogens with zero attached hydrogens (tertiary/aromatic N) is 2. The molecule has 1 spiro atoms. The number of hydrogen-bond acceptors (Lipinski definition) is 2. The van der Waals surface area contributed by atoms with Crippen LogP contribution in [0, 0.1) is 5.41 Å². The van der Waals surface area contributed by atoms with Crippen molar-refractivity contribution in [3.8, 4) is 0 Å². The van der Waals surface area contributed by atoms with E-state index in [0.717, 1.165) is 31.5 Å². The van der Waals surface area contributed by atoms with Crippen molar-refractivity contribution in [2.24, 2.45) is 5.41 Å². The Morgan fingerprint density at radius 1 is 1.21 bits per heavy atom. The van der Waals surface area contributed by atoms with Crippen molar-refractivity contribution >= 4 is 17.6 Å². The van der Waals surface area contributed by atoms with Gasteiger partial charge in [0.2, 0.25) is 5.91 Å². The van der Waals surface area contributed by atoms with Crippen LogP contribution in [0.2, 0.25) is 0 Å². The lowest BCUT2D eigenvalue weighted by Crippen LogP contribution is -2.49. The third-order valence-corrected chi connectivity index (χ3v) is 5.81. The topological polar surface area (TPSA) is 52.6 Å². The van der Waals surface area contributed by atoms with Crippen molar-refractivity contribution in [3.05, 3.63) is 29.8 Å². The Labute approximate surface area is 143 Å². The fourth-order valence-corrected chi connectivity index (χ4v) is 4.25. The van der Waals surface area contributed by atoms with Gasteiger partial charge in [-0.25, -0.2) is 4.79 Å². The highest BCUT2D eigenvalue weighted by atomic mass is 16.2. The molecule has 1 atom stereocenters. The minimum Gasteiger partial charge on any atom is -0.345 e. The molecule has 1 saturated carbocycles. The van der Waals surface area contributed by atoms with Gasteiger partial charge in [0.05, 0.1) is 5.41 Å². The van der Waals surface area contributed by atoms with Crippen LogP contribution in [-0.4, -0.2) is 48.4 Å². The largest absolute Gasteiger partial charge is 0.345 e. The first-order valence-corrected chi connectivity index (χ1v) is 8.99. The Bertz CT molecular complexity index is 670. The summed E-state index contributed by atoms with van der Waals surface area (Å²) in [6.07, 6.45) is 5.13. The highest BCUT2D eigenvalue weighted by Gasteiger charge is 2.48. The second-order valence-corrected chi connectivity index (χ2v) is 7.57. The molecule has 5 heteroatoms. The van der Waals surface area contributed by atoms with Gasteiger partial charge in [-0.1, -0.05) is 18.2 Å². The zero-order chi connectivity index (χ0) is 16.7. The van der Waals surface area contributed by atoms with Gasteiger partial charge in [-0.2, -0.15) is 0 Å². The zero-order valence-electron chi connectivity index (χ0n) is 14.3. The van der Waals surface area contributed by atoms with Crippen LogP contribution in [0.4, 0.5) is 10.5 Å². The van der Waals surface area contributed by atoms with Gasteiger partial charge in [-0.3, -0.25) is 4.79 Å². The smallest absolute Gasteiger partial charge is 0.321 e. The van der Waals surface area contributed by atoms with Gasteiger partial charge in [0.25, 0.3) is 0 Å². The third-order valence-electron chi connectivity index (χ3n) is 5.81. The molecule has 5 nitrogen and oxygen atoms in total. The molecule has 3 aliphatic rings. The fourth-order valence-electron chi connectivity index (χ4n) is 4.25. The number of para-hydroxylation sites is 1. The Hall–Kier alpha value is -2.04. The molecule has 128 valence electrons. The maximum absolute atomic E-state index is 12.7. The van der Waals surface area contributed by atoms with Crippen LogP contribution in [0.5, 0.6) is 0 Å². The van der Waals surface area contributed by atoms with Gasteiger partial charge < -0.3 is 15.1 Å². The van der Waals surface area contributed by atoms with E-state index in [1.165, 1.54) is 18.4 Å². The van der Waals surface area contributed by atoms with Crippen molar-refractivity contribution in [1.82, 2.24) is 9.80 Å². The van der Waals surface area contributed by atoms with Crippen LogP contribution in [0.25, 0.3) is 0 Å². The molecule has 1 unspecified atom stereocenters. The number of amides is 3. The van der Waals surface area contributed by atoms with Crippen molar-refractivity contribution in [1.29, 1.82) is 0 Å². The van der Waals surface area contributed by atoms with Crippen LogP contribution in [0.15, 0.2) is 24.3 Å². The molecule has 0 aromatic heterocycles. The van der Waals surface area contributed by atoms with E-state index in [1.807, 2.05) is 35.0 Å². The number of urea groups is 1. The number of rotatable bonds is 2. The van der Waals surface area contributed by atoms with E-state index in [1.54, 1.807) is 0 Å². The Morgan fingerprint density at radius 2 is 2.00 bits per heavy atom. The number of likely N-dealkylation sites (tertiary alicyclic amines) is 2. The summed E-state index contributed by atoms with van der Waals surface area (Å²) in [5.41, 5.74) is 1.83. The van der Waals surface area contributed by atoms with E-state index >= 15 is 0 Å². The second-order valence-electron chi connectivity index (χ2n) is 7.57. The normalized spacial score (nSPS) is 27.0. The summed E-state index contributed by atoms with van der Waals surface area (Å²) in [5, 5.41) is 3.08. The molecule has 1 aliphatic carbocycles. The number of benzene rings is 1. The van der Waals surface area contributed by atoms with Crippen LogP contribution >= 0.6 is 0 Å². The molecule has 3 amide bonds. The summed E-state index contributed by atoms with van der Waals surface area (Å²) in [6.45, 7) is 2.05. The number of nitrogens with one attached hydrogen (secondary N) is 1. The van der Waals surface area contributed by atoms with Gasteiger partial charge >= 0.3 is 6.03 Å². The van der Waals surface area contributed by atoms with E-state index in [4.69, 9.17) is 0 Å². The quantitative estimate of drug-likeness (QED) is 0.908. The Morgan fingerprint density at radius 3 is 2.79 bits per heavy atom. The van der Waals surface area contributed by atoms with Gasteiger partial charge in [0.15, 0.2) is 0 Å². The first kappa shape index (κ1) is 15.5. The van der Waals surface area contributed by atoms with Gasteiger partial charge in [0.1, 0.15) is 0 Å². The molecular formula is C19H25N3O2. The van der Waals surface area contributed by atoms with Crippen LogP contribution in [0.1, 0.15) is 43.6 Å². The third kappa shape index (κ3) is 2.66. The molecule has 1 aromatic carbocycles. The molecule has 24 heavy (non-hydrogen) atoms. The molecule has 1 N–H and O–H groups in total. The minimum atomic E-state index is -0.347. The lowest BCUT2D eigenvalue weighted by Gasteiger charge is -2.37. The highest BCUT2D eigenvalue weighted by molar-refractivity contribution is 5.92. The summed E-state index contributed by atoms with van der Waals surface area (Å²) in [5.74, 6) is 0.808. The first-order chi connectivity index (χ1) is 11.6. The summed E-state index contributed by atoms with van der Waals surface area (Å²) in [6, 6.07) is 8.02. The summed E-state index contributed by atoms with van der Waals surface area (Å²) in [7, 11) is 1.87. The average molecular weight is 327 g/mol. The molecule has 2 aliphatic heterocycles. The van der Waals surface area contributed by atoms with E-state index in [-0.39, 0.29) is 17.4 Å². The highest BCUT2D eigenvalue weighted by Crippen LogP contribution is 2.44. The maximum atomic E-state index is 12.7. The van der Waals surface area contributed by atoms with Gasteiger partial charge in [-0.05, 0) is 49.7 Å². The first-order valence-electron chi connectivity index (χ1n) is 8.99. The summed E-state index contributed by atoms with van der Waals surface area (Å²) in [4.78, 5) is 29.0. The number of carbonyl (C=O) groups is 2. The fraction of sp³-hybridized carbons (Fsp3) is 0.579. The van der Waals surface area contributed by atoms with Crippen LogP contribution in [0.3, 0.4) is 0 Å². The lowest BCUT2D eigenvalue weighted by molar-refractivity contribution is -0.143. The molecule has 1 aromatic rings. The zero-order valence-corrected chi connectivity index (χ0v) is 14.3. The molecule has 3 fully saturated rings. The van der Waals surface area contributed by atoms with Gasteiger partial charge in [0, 0.05) is 32.4 Å². The lowest BCUT2D eigenvalue weighted by atomic mass is 9.78. The van der Waals surface area contributed by atoms with Crippen molar-refractivity contribution in [2.45, 2.75) is 38.0 Å².